The third kappa shape index (κ3) is 2.76. The minimum Gasteiger partial charge on any atom is -0.497 e. The fourth-order valence-corrected chi connectivity index (χ4v) is 4.44. The molecule has 4 rings (SSSR count). The third-order valence-electron chi connectivity index (χ3n) is 4.54. The highest BCUT2D eigenvalue weighted by Crippen LogP contribution is 2.31. The van der Waals surface area contributed by atoms with Crippen LogP contribution in [0.5, 0.6) is 5.75 Å². The van der Waals surface area contributed by atoms with Crippen molar-refractivity contribution in [3.8, 4) is 5.75 Å². The van der Waals surface area contributed by atoms with Gasteiger partial charge >= 0.3 is 0 Å². The van der Waals surface area contributed by atoms with E-state index in [2.05, 4.69) is 4.98 Å². The van der Waals surface area contributed by atoms with Gasteiger partial charge in [0.2, 0.25) is 5.78 Å². The summed E-state index contributed by atoms with van der Waals surface area (Å²) in [6.07, 6.45) is 1.50. The van der Waals surface area contributed by atoms with Crippen LogP contribution in [0.15, 0.2) is 65.2 Å². The minimum atomic E-state index is -3.77. The monoisotopic (exact) mass is 380 g/mol. The van der Waals surface area contributed by atoms with Crippen molar-refractivity contribution in [1.29, 1.82) is 0 Å². The predicted molar refractivity (Wildman–Crippen MR) is 102 cm³/mol. The second-order valence-corrected chi connectivity index (χ2v) is 8.06. The average molecular weight is 380 g/mol. The summed E-state index contributed by atoms with van der Waals surface area (Å²) in [5.41, 5.74) is 1.46. The number of ketones is 1. The standard InChI is InChI=1S/C20H16N2O4S/c1-22-18(20(23)16-5-3-4-6-19(16)27(22,24)25)12-14-8-7-13-11-15(26-2)9-10-17(13)21-14/h3-12H,1-2H3/b18-12+. The van der Waals surface area contributed by atoms with Crippen LogP contribution < -0.4 is 4.74 Å². The van der Waals surface area contributed by atoms with Crippen LogP contribution in [0.3, 0.4) is 0 Å². The van der Waals surface area contributed by atoms with Crippen LogP contribution in [-0.4, -0.2) is 37.6 Å². The van der Waals surface area contributed by atoms with Crippen molar-refractivity contribution >= 4 is 32.8 Å². The SMILES string of the molecule is COc1ccc2nc(/C=C3\C(=O)c4ccccc4S(=O)(=O)N3C)ccc2c1. The number of carbonyl (C=O) groups excluding carboxylic acids is 1. The lowest BCUT2D eigenvalue weighted by molar-refractivity contribution is 0.101. The smallest absolute Gasteiger partial charge is 0.264 e. The number of benzene rings is 2. The average Bonchev–Trinajstić information content (AvgIpc) is 2.69. The maximum atomic E-state index is 12.8. The largest absolute Gasteiger partial charge is 0.497 e. The zero-order valence-electron chi connectivity index (χ0n) is 14.7. The molecule has 0 N–H and O–H groups in total. The van der Waals surface area contributed by atoms with Gasteiger partial charge in [0.1, 0.15) is 11.4 Å². The molecule has 3 aromatic rings. The van der Waals surface area contributed by atoms with E-state index in [-0.39, 0.29) is 21.9 Å². The Hall–Kier alpha value is -3.19. The lowest BCUT2D eigenvalue weighted by atomic mass is 10.1. The van der Waals surface area contributed by atoms with E-state index in [1.807, 2.05) is 18.2 Å². The van der Waals surface area contributed by atoms with E-state index in [4.69, 9.17) is 4.74 Å². The number of fused-ring (bicyclic) bond motifs is 2. The van der Waals surface area contributed by atoms with Gasteiger partial charge in [-0.05, 0) is 42.5 Å². The van der Waals surface area contributed by atoms with Crippen molar-refractivity contribution in [2.24, 2.45) is 0 Å². The number of Topliss-reactive ketones (excluding diaryl/α,β-unsaturated/α-hetero) is 1. The number of allylic oxidation sites excluding steroid dienone is 1. The number of carbonyl (C=O) groups is 1. The van der Waals surface area contributed by atoms with E-state index in [1.165, 1.54) is 25.3 Å². The molecule has 2 aromatic carbocycles. The molecule has 0 unspecified atom stereocenters. The van der Waals surface area contributed by atoms with Gasteiger partial charge in [0.05, 0.1) is 23.2 Å². The molecule has 1 aromatic heterocycles. The lowest BCUT2D eigenvalue weighted by Crippen LogP contribution is -2.36. The molecule has 0 bridgehead atoms. The molecule has 0 spiro atoms. The number of aromatic nitrogens is 1. The molecule has 0 saturated heterocycles. The van der Waals surface area contributed by atoms with Crippen LogP contribution in [0.4, 0.5) is 0 Å². The van der Waals surface area contributed by atoms with Crippen molar-refractivity contribution < 1.29 is 17.9 Å². The summed E-state index contributed by atoms with van der Waals surface area (Å²) in [6.45, 7) is 0. The van der Waals surface area contributed by atoms with Crippen molar-refractivity contribution in [3.05, 3.63) is 71.6 Å². The molecular weight excluding hydrogens is 364 g/mol. The van der Waals surface area contributed by atoms with Gasteiger partial charge in [-0.2, -0.15) is 0 Å². The molecule has 0 saturated carbocycles. The number of hydrogen-bond donors (Lipinski definition) is 0. The van der Waals surface area contributed by atoms with Crippen LogP contribution in [0.25, 0.3) is 17.0 Å². The zero-order valence-corrected chi connectivity index (χ0v) is 15.5. The normalized spacial score (nSPS) is 17.2. The van der Waals surface area contributed by atoms with E-state index in [1.54, 1.807) is 31.4 Å². The molecule has 6 nitrogen and oxygen atoms in total. The number of nitrogens with zero attached hydrogens (tertiary/aromatic N) is 2. The molecule has 0 atom stereocenters. The molecule has 0 radical (unpaired) electrons. The first-order valence-electron chi connectivity index (χ1n) is 8.21. The number of rotatable bonds is 2. The fraction of sp³-hybridized carbons (Fsp3) is 0.100. The Morgan fingerprint density at radius 2 is 1.85 bits per heavy atom. The first kappa shape index (κ1) is 17.2. The van der Waals surface area contributed by atoms with Gasteiger partial charge in [0.15, 0.2) is 0 Å². The third-order valence-corrected chi connectivity index (χ3v) is 6.37. The Morgan fingerprint density at radius 1 is 1.07 bits per heavy atom. The quantitative estimate of drug-likeness (QED) is 0.639. The minimum absolute atomic E-state index is 0.0215. The van der Waals surface area contributed by atoms with Gasteiger partial charge in [-0.15, -0.1) is 0 Å². The Morgan fingerprint density at radius 3 is 2.63 bits per heavy atom. The highest BCUT2D eigenvalue weighted by Gasteiger charge is 2.36. The highest BCUT2D eigenvalue weighted by molar-refractivity contribution is 7.89. The first-order valence-corrected chi connectivity index (χ1v) is 9.65. The summed E-state index contributed by atoms with van der Waals surface area (Å²) >= 11 is 0. The fourth-order valence-electron chi connectivity index (χ4n) is 3.06. The molecule has 2 heterocycles. The van der Waals surface area contributed by atoms with Gasteiger partial charge < -0.3 is 4.74 Å². The Bertz CT molecular complexity index is 1220. The number of hydrogen-bond acceptors (Lipinski definition) is 5. The zero-order chi connectivity index (χ0) is 19.2. The van der Waals surface area contributed by atoms with Gasteiger partial charge in [-0.25, -0.2) is 13.4 Å². The second kappa shape index (κ2) is 6.21. The summed E-state index contributed by atoms with van der Waals surface area (Å²) in [4.78, 5) is 17.4. The van der Waals surface area contributed by atoms with E-state index in [0.29, 0.717) is 5.69 Å². The first-order chi connectivity index (χ1) is 12.9. The Kier molecular flexibility index (Phi) is 3.96. The maximum absolute atomic E-state index is 12.8. The van der Waals surface area contributed by atoms with E-state index >= 15 is 0 Å². The Balaban J connectivity index is 1.84. The molecule has 0 aliphatic carbocycles. The van der Waals surface area contributed by atoms with Gasteiger partial charge in [0.25, 0.3) is 10.0 Å². The number of methoxy groups -OCH3 is 1. The van der Waals surface area contributed by atoms with Crippen molar-refractivity contribution in [2.75, 3.05) is 14.2 Å². The van der Waals surface area contributed by atoms with Crippen LogP contribution >= 0.6 is 0 Å². The lowest BCUT2D eigenvalue weighted by Gasteiger charge is -2.27. The van der Waals surface area contributed by atoms with Crippen LogP contribution in [0.2, 0.25) is 0 Å². The van der Waals surface area contributed by atoms with Crippen LogP contribution in [-0.2, 0) is 10.0 Å². The maximum Gasteiger partial charge on any atom is 0.264 e. The van der Waals surface area contributed by atoms with Gasteiger partial charge in [-0.3, -0.25) is 9.10 Å². The summed E-state index contributed by atoms with van der Waals surface area (Å²) < 4.78 is 31.7. The molecule has 7 heteroatoms. The number of pyridine rings is 1. The molecular formula is C20H16N2O4S. The second-order valence-electron chi connectivity index (χ2n) is 6.12. The molecule has 1 aliphatic heterocycles. The van der Waals surface area contributed by atoms with Crippen molar-refractivity contribution in [3.63, 3.8) is 0 Å². The molecule has 0 fully saturated rings. The summed E-state index contributed by atoms with van der Waals surface area (Å²) in [5.74, 6) is 0.375. The number of likely N-dealkylation sites (N-methyl/N-ethyl adjacent to an activating group) is 1. The van der Waals surface area contributed by atoms with Crippen LogP contribution in [0, 0.1) is 0 Å². The van der Waals surface area contributed by atoms with Crippen LogP contribution in [0.1, 0.15) is 16.1 Å². The summed E-state index contributed by atoms with van der Waals surface area (Å²) in [7, 11) is -0.805. The van der Waals surface area contributed by atoms with Gasteiger partial charge in [-0.1, -0.05) is 18.2 Å². The molecule has 0 amide bonds. The molecule has 1 aliphatic rings. The number of sulfonamides is 1. The molecule has 27 heavy (non-hydrogen) atoms. The van der Waals surface area contributed by atoms with E-state index < -0.39 is 10.0 Å². The molecule has 136 valence electrons. The summed E-state index contributed by atoms with van der Waals surface area (Å²) in [5, 5.41) is 0.887. The summed E-state index contributed by atoms with van der Waals surface area (Å²) in [6, 6.07) is 15.3. The van der Waals surface area contributed by atoms with Crippen molar-refractivity contribution in [1.82, 2.24) is 9.29 Å². The Labute approximate surface area is 156 Å². The van der Waals surface area contributed by atoms with Crippen molar-refractivity contribution in [2.45, 2.75) is 4.90 Å². The van der Waals surface area contributed by atoms with Gasteiger partial charge in [0, 0.05) is 18.0 Å². The topological polar surface area (TPSA) is 76.6 Å². The van der Waals surface area contributed by atoms with E-state index in [9.17, 15) is 13.2 Å². The predicted octanol–water partition coefficient (Wildman–Crippen LogP) is 3.10. The highest BCUT2D eigenvalue weighted by atomic mass is 32.2. The van der Waals surface area contributed by atoms with E-state index in [0.717, 1.165) is 21.0 Å². The number of ether oxygens (including phenoxy) is 1.